The monoisotopic (exact) mass is 347 g/mol. The number of anilines is 1. The van der Waals surface area contributed by atoms with Crippen molar-refractivity contribution in [2.45, 2.75) is 6.42 Å². The Bertz CT molecular complexity index is 544. The minimum Gasteiger partial charge on any atom is -0.324 e. The summed E-state index contributed by atoms with van der Waals surface area (Å²) in [5.74, 6) is 0.901. The van der Waals surface area contributed by atoms with Crippen LogP contribution in [0.2, 0.25) is 5.02 Å². The Hall–Kier alpha value is -0.880. The van der Waals surface area contributed by atoms with E-state index in [4.69, 9.17) is 11.6 Å². The van der Waals surface area contributed by atoms with Crippen molar-refractivity contribution in [1.82, 2.24) is 10.2 Å². The minimum absolute atomic E-state index is 0. The fourth-order valence-electron chi connectivity index (χ4n) is 3.24. The lowest BCUT2D eigenvalue weighted by Gasteiger charge is -2.33. The van der Waals surface area contributed by atoms with E-state index in [1.54, 1.807) is 0 Å². The average molecular weight is 348 g/mol. The molecule has 1 amide bonds. The number of fused-ring (bicyclic) bond motifs is 1. The normalized spacial score (nSPS) is 24.5. The highest BCUT2D eigenvalue weighted by Crippen LogP contribution is 2.26. The molecule has 2 unspecified atom stereocenters. The van der Waals surface area contributed by atoms with Crippen molar-refractivity contribution in [3.63, 3.8) is 0 Å². The first-order valence-electron chi connectivity index (χ1n) is 7.30. The summed E-state index contributed by atoms with van der Waals surface area (Å²) >= 11 is 5.91. The molecule has 1 aromatic carbocycles. The maximum atomic E-state index is 13.0. The molecule has 0 spiro atoms. The van der Waals surface area contributed by atoms with E-state index in [9.17, 15) is 9.18 Å². The lowest BCUT2D eigenvalue weighted by Crippen LogP contribution is -2.43. The molecule has 1 aromatic rings. The first kappa shape index (κ1) is 17.5. The van der Waals surface area contributed by atoms with Gasteiger partial charge in [0.05, 0.1) is 17.3 Å². The number of likely N-dealkylation sites (tertiary alicyclic amines) is 1. The Balaban J connectivity index is 0.00000176. The van der Waals surface area contributed by atoms with Crippen LogP contribution in [0.4, 0.5) is 10.1 Å². The third kappa shape index (κ3) is 4.10. The van der Waals surface area contributed by atoms with Gasteiger partial charge in [-0.1, -0.05) is 11.6 Å². The Morgan fingerprint density at radius 1 is 1.41 bits per heavy atom. The second kappa shape index (κ2) is 7.59. The van der Waals surface area contributed by atoms with E-state index in [0.717, 1.165) is 38.5 Å². The summed E-state index contributed by atoms with van der Waals surface area (Å²) in [6, 6.07) is 3.98. The van der Waals surface area contributed by atoms with Crippen LogP contribution in [0.1, 0.15) is 6.42 Å². The molecule has 22 heavy (non-hydrogen) atoms. The van der Waals surface area contributed by atoms with Crippen LogP contribution in [0, 0.1) is 17.7 Å². The molecule has 2 aliphatic heterocycles. The van der Waals surface area contributed by atoms with Crippen LogP contribution in [0.25, 0.3) is 0 Å². The number of hydrogen-bond acceptors (Lipinski definition) is 3. The Kier molecular flexibility index (Phi) is 6.03. The number of nitrogens with one attached hydrogen (secondary N) is 2. The fourth-order valence-corrected chi connectivity index (χ4v) is 3.45. The first-order chi connectivity index (χ1) is 10.1. The van der Waals surface area contributed by atoms with Crippen molar-refractivity contribution >= 4 is 35.6 Å². The molecule has 2 saturated heterocycles. The number of nitrogens with zero attached hydrogens (tertiary/aromatic N) is 1. The van der Waals surface area contributed by atoms with Gasteiger partial charge in [-0.2, -0.15) is 0 Å². The molecule has 0 bridgehead atoms. The van der Waals surface area contributed by atoms with Crippen molar-refractivity contribution in [3.05, 3.63) is 29.0 Å². The van der Waals surface area contributed by atoms with Gasteiger partial charge in [0.15, 0.2) is 0 Å². The van der Waals surface area contributed by atoms with Crippen molar-refractivity contribution in [2.75, 3.05) is 38.0 Å². The topological polar surface area (TPSA) is 44.4 Å². The van der Waals surface area contributed by atoms with Crippen LogP contribution >= 0.6 is 24.0 Å². The predicted octanol–water partition coefficient (Wildman–Crippen LogP) is 2.38. The summed E-state index contributed by atoms with van der Waals surface area (Å²) in [5, 5.41) is 6.38. The van der Waals surface area contributed by atoms with Gasteiger partial charge in [0.25, 0.3) is 0 Å². The number of halogens is 3. The van der Waals surface area contributed by atoms with E-state index < -0.39 is 5.82 Å². The third-order valence-electron chi connectivity index (χ3n) is 4.36. The highest BCUT2D eigenvalue weighted by atomic mass is 35.5. The lowest BCUT2D eigenvalue weighted by atomic mass is 9.89. The highest BCUT2D eigenvalue weighted by molar-refractivity contribution is 6.33. The molecule has 2 atom stereocenters. The standard InChI is InChI=1S/C15H19ClFN3O.ClH/c16-13-5-12(17)1-2-14(13)19-15(21)9-20-4-3-10-6-18-7-11(10)8-20;/h1-2,5,10-11,18H,3-4,6-9H2,(H,19,21);1H. The van der Waals surface area contributed by atoms with Crippen molar-refractivity contribution in [1.29, 1.82) is 0 Å². The number of benzene rings is 1. The lowest BCUT2D eigenvalue weighted by molar-refractivity contribution is -0.117. The van der Waals surface area contributed by atoms with Crippen molar-refractivity contribution in [2.24, 2.45) is 11.8 Å². The van der Waals surface area contributed by atoms with Gasteiger partial charge in [-0.05, 0) is 56.1 Å². The Morgan fingerprint density at radius 3 is 2.95 bits per heavy atom. The SMILES string of the molecule is Cl.O=C(CN1CCC2CNCC2C1)Nc1ccc(F)cc1Cl. The molecule has 0 saturated carbocycles. The van der Waals surface area contributed by atoms with Crippen LogP contribution in [-0.4, -0.2) is 43.5 Å². The second-order valence-electron chi connectivity index (χ2n) is 5.87. The molecule has 4 nitrogen and oxygen atoms in total. The summed E-state index contributed by atoms with van der Waals surface area (Å²) in [6.45, 7) is 4.43. The van der Waals surface area contributed by atoms with Crippen molar-refractivity contribution < 1.29 is 9.18 Å². The first-order valence-corrected chi connectivity index (χ1v) is 7.67. The summed E-state index contributed by atoms with van der Waals surface area (Å²) in [6.07, 6.45) is 1.14. The largest absolute Gasteiger partial charge is 0.324 e. The van der Waals surface area contributed by atoms with Gasteiger partial charge < -0.3 is 10.6 Å². The molecule has 0 aliphatic carbocycles. The minimum atomic E-state index is -0.409. The van der Waals surface area contributed by atoms with Crippen LogP contribution in [0.5, 0.6) is 0 Å². The molecule has 122 valence electrons. The van der Waals surface area contributed by atoms with E-state index in [1.165, 1.54) is 18.2 Å². The zero-order chi connectivity index (χ0) is 14.8. The molecule has 2 N–H and O–H groups in total. The smallest absolute Gasteiger partial charge is 0.238 e. The van der Waals surface area contributed by atoms with Crippen LogP contribution in [-0.2, 0) is 4.79 Å². The molecule has 2 fully saturated rings. The number of rotatable bonds is 3. The number of amides is 1. The Morgan fingerprint density at radius 2 is 2.18 bits per heavy atom. The van der Waals surface area contributed by atoms with Crippen molar-refractivity contribution in [3.8, 4) is 0 Å². The third-order valence-corrected chi connectivity index (χ3v) is 4.67. The quantitative estimate of drug-likeness (QED) is 0.882. The van der Waals surface area contributed by atoms with Gasteiger partial charge in [0.1, 0.15) is 5.82 Å². The molecule has 7 heteroatoms. The summed E-state index contributed by atoms with van der Waals surface area (Å²) in [5.41, 5.74) is 0.459. The summed E-state index contributed by atoms with van der Waals surface area (Å²) in [7, 11) is 0. The van der Waals surface area contributed by atoms with Gasteiger partial charge in [0, 0.05) is 6.54 Å². The van der Waals surface area contributed by atoms with Gasteiger partial charge in [-0.3, -0.25) is 9.69 Å². The molecule has 3 rings (SSSR count). The van der Waals surface area contributed by atoms with E-state index in [-0.39, 0.29) is 23.3 Å². The van der Waals surface area contributed by atoms with Gasteiger partial charge in [0.2, 0.25) is 5.91 Å². The molecular formula is C15H20Cl2FN3O. The van der Waals surface area contributed by atoms with Gasteiger partial charge in [-0.25, -0.2) is 4.39 Å². The zero-order valence-electron chi connectivity index (χ0n) is 12.1. The second-order valence-corrected chi connectivity index (χ2v) is 6.28. The molecule has 0 aromatic heterocycles. The average Bonchev–Trinajstić information content (AvgIpc) is 2.89. The maximum Gasteiger partial charge on any atom is 0.238 e. The highest BCUT2D eigenvalue weighted by Gasteiger charge is 2.33. The zero-order valence-corrected chi connectivity index (χ0v) is 13.7. The van der Waals surface area contributed by atoms with Crippen LogP contribution in [0.15, 0.2) is 18.2 Å². The number of piperidine rings is 1. The van der Waals surface area contributed by atoms with E-state index >= 15 is 0 Å². The van der Waals surface area contributed by atoms with Gasteiger partial charge >= 0.3 is 0 Å². The number of carbonyl (C=O) groups is 1. The van der Waals surface area contributed by atoms with E-state index in [0.29, 0.717) is 18.2 Å². The summed E-state index contributed by atoms with van der Waals surface area (Å²) < 4.78 is 13.0. The molecule has 0 radical (unpaired) electrons. The maximum absolute atomic E-state index is 13.0. The predicted molar refractivity (Wildman–Crippen MR) is 88.2 cm³/mol. The van der Waals surface area contributed by atoms with Gasteiger partial charge in [-0.15, -0.1) is 12.4 Å². The van der Waals surface area contributed by atoms with Crippen LogP contribution in [0.3, 0.4) is 0 Å². The number of carbonyl (C=O) groups excluding carboxylic acids is 1. The van der Waals surface area contributed by atoms with Crippen LogP contribution < -0.4 is 10.6 Å². The Labute approximate surface area is 140 Å². The summed E-state index contributed by atoms with van der Waals surface area (Å²) in [4.78, 5) is 14.3. The molecular weight excluding hydrogens is 328 g/mol. The molecule has 2 aliphatic rings. The van der Waals surface area contributed by atoms with E-state index in [2.05, 4.69) is 15.5 Å². The van der Waals surface area contributed by atoms with E-state index in [1.807, 2.05) is 0 Å². The molecule has 2 heterocycles. The fraction of sp³-hybridized carbons (Fsp3) is 0.533. The number of hydrogen-bond donors (Lipinski definition) is 2.